The number of ether oxygens (including phenoxy) is 1. The van der Waals surface area contributed by atoms with Crippen molar-refractivity contribution >= 4 is 5.97 Å². The van der Waals surface area contributed by atoms with Crippen LogP contribution in [0.5, 0.6) is 0 Å². The molecule has 1 aromatic rings. The smallest absolute Gasteiger partial charge is 0.337 e. The van der Waals surface area contributed by atoms with Crippen molar-refractivity contribution in [2.75, 3.05) is 13.7 Å². The third-order valence-corrected chi connectivity index (χ3v) is 2.26. The number of methoxy groups -OCH3 is 1. The predicted molar refractivity (Wildman–Crippen MR) is 64.3 cm³/mol. The van der Waals surface area contributed by atoms with Crippen LogP contribution in [0.2, 0.25) is 0 Å². The van der Waals surface area contributed by atoms with E-state index in [0.29, 0.717) is 12.1 Å². The number of rotatable bonds is 5. The first-order valence-corrected chi connectivity index (χ1v) is 5.15. The van der Waals surface area contributed by atoms with E-state index in [1.165, 1.54) is 7.11 Å². The third kappa shape index (κ3) is 3.44. The summed E-state index contributed by atoms with van der Waals surface area (Å²) in [4.78, 5) is 11.2. The second kappa shape index (κ2) is 6.46. The first kappa shape index (κ1) is 12.9. The number of nitriles is 1. The fraction of sp³-hybridized carbons (Fsp3) is 0.231. The third-order valence-electron chi connectivity index (χ3n) is 2.26. The van der Waals surface area contributed by atoms with Gasteiger partial charge in [-0.2, -0.15) is 5.26 Å². The number of hydrogen-bond donors (Lipinski definition) is 1. The monoisotopic (exact) mass is 230 g/mol. The number of nitrogens with one attached hydrogen (secondary N) is 1. The van der Waals surface area contributed by atoms with Gasteiger partial charge in [-0.05, 0) is 17.7 Å². The van der Waals surface area contributed by atoms with E-state index in [-0.39, 0.29) is 5.97 Å². The molecule has 1 aromatic carbocycles. The summed E-state index contributed by atoms with van der Waals surface area (Å²) in [5.74, 6) is -0.385. The molecule has 0 radical (unpaired) electrons. The zero-order valence-corrected chi connectivity index (χ0v) is 9.64. The number of carbonyl (C=O) groups is 1. The van der Waals surface area contributed by atoms with E-state index in [1.807, 2.05) is 0 Å². The summed E-state index contributed by atoms with van der Waals surface area (Å²) in [6.07, 6.45) is 1.69. The van der Waals surface area contributed by atoms with Gasteiger partial charge in [0.2, 0.25) is 0 Å². The maximum Gasteiger partial charge on any atom is 0.337 e. The van der Waals surface area contributed by atoms with Gasteiger partial charge in [0.15, 0.2) is 0 Å². The fourth-order valence-electron chi connectivity index (χ4n) is 1.37. The summed E-state index contributed by atoms with van der Waals surface area (Å²) in [6.45, 7) is 4.13. The molecule has 0 aliphatic carbocycles. The predicted octanol–water partition coefficient (Wildman–Crippen LogP) is 1.81. The molecule has 0 fully saturated rings. The summed E-state index contributed by atoms with van der Waals surface area (Å²) in [5.41, 5.74) is 1.28. The van der Waals surface area contributed by atoms with Gasteiger partial charge < -0.3 is 4.74 Å². The van der Waals surface area contributed by atoms with E-state index in [9.17, 15) is 4.79 Å². The van der Waals surface area contributed by atoms with Crippen molar-refractivity contribution in [2.24, 2.45) is 0 Å². The highest BCUT2D eigenvalue weighted by molar-refractivity contribution is 5.89. The molecule has 0 saturated carbocycles. The van der Waals surface area contributed by atoms with E-state index >= 15 is 0 Å². The van der Waals surface area contributed by atoms with Crippen LogP contribution in [0.3, 0.4) is 0 Å². The Labute approximate surface area is 101 Å². The molecule has 88 valence electrons. The second-order valence-corrected chi connectivity index (χ2v) is 3.37. The van der Waals surface area contributed by atoms with Crippen LogP contribution in [0.4, 0.5) is 0 Å². The molecule has 0 aromatic heterocycles. The van der Waals surface area contributed by atoms with Crippen molar-refractivity contribution in [3.8, 4) is 6.07 Å². The van der Waals surface area contributed by atoms with Gasteiger partial charge in [0.05, 0.1) is 18.7 Å². The first-order valence-electron chi connectivity index (χ1n) is 5.15. The van der Waals surface area contributed by atoms with E-state index in [1.54, 1.807) is 30.3 Å². The van der Waals surface area contributed by atoms with Gasteiger partial charge >= 0.3 is 5.97 Å². The Morgan fingerprint density at radius 2 is 2.24 bits per heavy atom. The molecule has 4 nitrogen and oxygen atoms in total. The van der Waals surface area contributed by atoms with Crippen molar-refractivity contribution in [1.82, 2.24) is 5.32 Å². The van der Waals surface area contributed by atoms with E-state index in [0.717, 1.165) is 5.56 Å². The van der Waals surface area contributed by atoms with Gasteiger partial charge in [0.1, 0.15) is 6.04 Å². The number of nitrogens with zero attached hydrogens (tertiary/aromatic N) is 1. The minimum Gasteiger partial charge on any atom is -0.465 e. The first-order chi connectivity index (χ1) is 8.22. The van der Waals surface area contributed by atoms with Crippen LogP contribution < -0.4 is 5.32 Å². The van der Waals surface area contributed by atoms with Crippen LogP contribution >= 0.6 is 0 Å². The van der Waals surface area contributed by atoms with Gasteiger partial charge in [0.25, 0.3) is 0 Å². The Bertz CT molecular complexity index is 432. The molecule has 1 rings (SSSR count). The van der Waals surface area contributed by atoms with Crippen molar-refractivity contribution in [1.29, 1.82) is 5.26 Å². The molecule has 0 amide bonds. The highest BCUT2D eigenvalue weighted by Crippen LogP contribution is 2.13. The number of benzene rings is 1. The van der Waals surface area contributed by atoms with Crippen molar-refractivity contribution in [3.05, 3.63) is 48.0 Å². The minimum atomic E-state index is -0.403. The molecule has 0 aliphatic rings. The summed E-state index contributed by atoms with van der Waals surface area (Å²) in [7, 11) is 1.33. The lowest BCUT2D eigenvalue weighted by molar-refractivity contribution is 0.0600. The lowest BCUT2D eigenvalue weighted by Crippen LogP contribution is -2.19. The average molecular weight is 230 g/mol. The Hall–Kier alpha value is -2.12. The topological polar surface area (TPSA) is 62.1 Å². The van der Waals surface area contributed by atoms with Crippen LogP contribution in [0.1, 0.15) is 22.0 Å². The second-order valence-electron chi connectivity index (χ2n) is 3.37. The van der Waals surface area contributed by atoms with Crippen LogP contribution in [-0.4, -0.2) is 19.6 Å². The molecule has 4 heteroatoms. The number of carbonyl (C=O) groups excluding carboxylic acids is 1. The van der Waals surface area contributed by atoms with Crippen molar-refractivity contribution < 1.29 is 9.53 Å². The summed E-state index contributed by atoms with van der Waals surface area (Å²) in [5, 5.41) is 12.0. The van der Waals surface area contributed by atoms with Gasteiger partial charge in [-0.1, -0.05) is 18.2 Å². The number of esters is 1. The van der Waals surface area contributed by atoms with E-state index < -0.39 is 6.04 Å². The molecule has 17 heavy (non-hydrogen) atoms. The molecule has 1 N–H and O–H groups in total. The molecular formula is C13H14N2O2. The van der Waals surface area contributed by atoms with E-state index in [4.69, 9.17) is 5.26 Å². The van der Waals surface area contributed by atoms with Crippen LogP contribution in [0.15, 0.2) is 36.9 Å². The lowest BCUT2D eigenvalue weighted by atomic mass is 10.1. The quantitative estimate of drug-likeness (QED) is 0.619. The molecule has 0 heterocycles. The van der Waals surface area contributed by atoms with E-state index in [2.05, 4.69) is 22.7 Å². The molecule has 0 saturated heterocycles. The summed E-state index contributed by atoms with van der Waals surface area (Å²) in [6, 6.07) is 8.48. The summed E-state index contributed by atoms with van der Waals surface area (Å²) < 4.78 is 4.60. The standard InChI is InChI=1S/C13H14N2O2/c1-3-8-15-12(9-14)10-4-6-11(7-5-10)13(16)17-2/h3-7,12,15H,1,8H2,2H3. The molecule has 1 atom stereocenters. The lowest BCUT2D eigenvalue weighted by Gasteiger charge is -2.10. The highest BCUT2D eigenvalue weighted by Gasteiger charge is 2.10. The highest BCUT2D eigenvalue weighted by atomic mass is 16.5. The Morgan fingerprint density at radius 3 is 2.71 bits per heavy atom. The molecule has 0 bridgehead atoms. The molecule has 0 spiro atoms. The Kier molecular flexibility index (Phi) is 4.92. The van der Waals surface area contributed by atoms with Gasteiger partial charge in [-0.25, -0.2) is 4.79 Å². The van der Waals surface area contributed by atoms with Crippen molar-refractivity contribution in [2.45, 2.75) is 6.04 Å². The number of hydrogen-bond acceptors (Lipinski definition) is 4. The van der Waals surface area contributed by atoms with Crippen LogP contribution in [0, 0.1) is 11.3 Å². The Balaban J connectivity index is 2.82. The molecular weight excluding hydrogens is 216 g/mol. The molecule has 0 aliphatic heterocycles. The normalized spacial score (nSPS) is 11.3. The van der Waals surface area contributed by atoms with Crippen LogP contribution in [0.25, 0.3) is 0 Å². The van der Waals surface area contributed by atoms with Crippen LogP contribution in [-0.2, 0) is 4.74 Å². The zero-order chi connectivity index (χ0) is 12.7. The SMILES string of the molecule is C=CCNC(C#N)c1ccc(C(=O)OC)cc1. The average Bonchev–Trinajstić information content (AvgIpc) is 2.39. The van der Waals surface area contributed by atoms with Crippen molar-refractivity contribution in [3.63, 3.8) is 0 Å². The zero-order valence-electron chi connectivity index (χ0n) is 9.64. The Morgan fingerprint density at radius 1 is 1.59 bits per heavy atom. The van der Waals surface area contributed by atoms with Gasteiger partial charge in [0, 0.05) is 6.54 Å². The fourth-order valence-corrected chi connectivity index (χ4v) is 1.37. The van der Waals surface area contributed by atoms with Gasteiger partial charge in [-0.3, -0.25) is 5.32 Å². The summed E-state index contributed by atoms with van der Waals surface area (Å²) >= 11 is 0. The maximum atomic E-state index is 11.2. The van der Waals surface area contributed by atoms with Gasteiger partial charge in [-0.15, -0.1) is 6.58 Å². The maximum absolute atomic E-state index is 11.2. The molecule has 1 unspecified atom stereocenters. The largest absolute Gasteiger partial charge is 0.465 e. The minimum absolute atomic E-state index is 0.385.